The van der Waals surface area contributed by atoms with E-state index in [-0.39, 0.29) is 17.2 Å². The molecular formula is C15H23NO3. The Labute approximate surface area is 114 Å². The Morgan fingerprint density at radius 2 is 2.11 bits per heavy atom. The second-order valence-electron chi connectivity index (χ2n) is 5.03. The highest BCUT2D eigenvalue weighted by Crippen LogP contribution is 2.22. The van der Waals surface area contributed by atoms with Crippen molar-refractivity contribution in [1.82, 2.24) is 5.32 Å². The smallest absolute Gasteiger partial charge is 0.255 e. The highest BCUT2D eigenvalue weighted by molar-refractivity contribution is 5.97. The van der Waals surface area contributed by atoms with Gasteiger partial charge in [0, 0.05) is 6.54 Å². The molecule has 0 fully saturated rings. The standard InChI is InChI=1S/C15H23NO3/c1-11(2)6-4-5-9-16-15(18)13-10-12(19-3)7-8-14(13)17/h7-8,10-11,17H,4-6,9H2,1-3H3,(H,16,18). The van der Waals surface area contributed by atoms with Gasteiger partial charge < -0.3 is 15.2 Å². The van der Waals surface area contributed by atoms with Crippen molar-refractivity contribution in [2.24, 2.45) is 5.92 Å². The molecule has 0 spiro atoms. The lowest BCUT2D eigenvalue weighted by Gasteiger charge is -2.09. The average Bonchev–Trinajstić information content (AvgIpc) is 2.38. The summed E-state index contributed by atoms with van der Waals surface area (Å²) in [6.45, 7) is 5.00. The van der Waals surface area contributed by atoms with E-state index >= 15 is 0 Å². The molecule has 0 aliphatic rings. The molecule has 0 heterocycles. The number of hydrogen-bond acceptors (Lipinski definition) is 3. The largest absolute Gasteiger partial charge is 0.507 e. The number of unbranched alkanes of at least 4 members (excludes halogenated alkanes) is 1. The van der Waals surface area contributed by atoms with Gasteiger partial charge in [0.1, 0.15) is 11.5 Å². The fourth-order valence-corrected chi connectivity index (χ4v) is 1.80. The van der Waals surface area contributed by atoms with Crippen molar-refractivity contribution in [3.05, 3.63) is 23.8 Å². The Hall–Kier alpha value is -1.71. The Morgan fingerprint density at radius 1 is 1.37 bits per heavy atom. The number of benzene rings is 1. The van der Waals surface area contributed by atoms with Gasteiger partial charge >= 0.3 is 0 Å². The zero-order valence-corrected chi connectivity index (χ0v) is 11.9. The minimum atomic E-state index is -0.263. The third kappa shape index (κ3) is 5.20. The van der Waals surface area contributed by atoms with Crippen LogP contribution in [0.5, 0.6) is 11.5 Å². The molecular weight excluding hydrogens is 242 g/mol. The molecule has 0 bridgehead atoms. The van der Waals surface area contributed by atoms with Gasteiger partial charge in [-0.2, -0.15) is 0 Å². The van der Waals surface area contributed by atoms with E-state index in [0.29, 0.717) is 18.2 Å². The zero-order chi connectivity index (χ0) is 14.3. The molecule has 0 saturated carbocycles. The van der Waals surface area contributed by atoms with E-state index < -0.39 is 0 Å². The fraction of sp³-hybridized carbons (Fsp3) is 0.533. The van der Waals surface area contributed by atoms with Crippen LogP contribution >= 0.6 is 0 Å². The topological polar surface area (TPSA) is 58.6 Å². The monoisotopic (exact) mass is 265 g/mol. The van der Waals surface area contributed by atoms with E-state index in [2.05, 4.69) is 19.2 Å². The van der Waals surface area contributed by atoms with Crippen LogP contribution in [0, 0.1) is 5.92 Å². The van der Waals surface area contributed by atoms with Gasteiger partial charge in [0.2, 0.25) is 0 Å². The first-order valence-corrected chi connectivity index (χ1v) is 6.69. The summed E-state index contributed by atoms with van der Waals surface area (Å²) in [6, 6.07) is 4.63. The molecule has 1 aromatic carbocycles. The van der Waals surface area contributed by atoms with E-state index in [9.17, 15) is 9.90 Å². The quantitative estimate of drug-likeness (QED) is 0.745. The van der Waals surface area contributed by atoms with Crippen LogP contribution < -0.4 is 10.1 Å². The Balaban J connectivity index is 2.45. The number of phenolic OH excluding ortho intramolecular Hbond substituents is 1. The molecule has 1 rings (SSSR count). The van der Waals surface area contributed by atoms with Crippen LogP contribution in [0.2, 0.25) is 0 Å². The molecule has 0 radical (unpaired) electrons. The number of carbonyl (C=O) groups excluding carboxylic acids is 1. The number of aromatic hydroxyl groups is 1. The summed E-state index contributed by atoms with van der Waals surface area (Å²) < 4.78 is 5.04. The van der Waals surface area contributed by atoms with Crippen LogP contribution in [0.4, 0.5) is 0 Å². The number of hydrogen-bond donors (Lipinski definition) is 2. The summed E-state index contributed by atoms with van der Waals surface area (Å²) in [5.41, 5.74) is 0.253. The number of methoxy groups -OCH3 is 1. The number of rotatable bonds is 7. The molecule has 0 saturated heterocycles. The predicted octanol–water partition coefficient (Wildman–Crippen LogP) is 2.96. The fourth-order valence-electron chi connectivity index (χ4n) is 1.80. The molecule has 0 unspecified atom stereocenters. The number of amides is 1. The third-order valence-electron chi connectivity index (χ3n) is 2.94. The van der Waals surface area contributed by atoms with Crippen LogP contribution in [-0.4, -0.2) is 24.7 Å². The van der Waals surface area contributed by atoms with Crippen molar-refractivity contribution in [2.75, 3.05) is 13.7 Å². The van der Waals surface area contributed by atoms with Gasteiger partial charge in [-0.3, -0.25) is 4.79 Å². The number of carbonyl (C=O) groups is 1. The maximum absolute atomic E-state index is 11.9. The van der Waals surface area contributed by atoms with Crippen molar-refractivity contribution < 1.29 is 14.6 Å². The van der Waals surface area contributed by atoms with Crippen LogP contribution in [0.1, 0.15) is 43.5 Å². The van der Waals surface area contributed by atoms with Gasteiger partial charge in [0.05, 0.1) is 12.7 Å². The van der Waals surface area contributed by atoms with Gasteiger partial charge in [-0.15, -0.1) is 0 Å². The van der Waals surface area contributed by atoms with E-state index in [1.54, 1.807) is 12.1 Å². The predicted molar refractivity (Wildman–Crippen MR) is 75.7 cm³/mol. The van der Waals surface area contributed by atoms with E-state index in [1.807, 2.05) is 0 Å². The molecule has 2 N–H and O–H groups in total. The van der Waals surface area contributed by atoms with E-state index in [0.717, 1.165) is 12.8 Å². The highest BCUT2D eigenvalue weighted by Gasteiger charge is 2.11. The summed E-state index contributed by atoms with van der Waals surface area (Å²) in [7, 11) is 1.53. The van der Waals surface area contributed by atoms with E-state index in [4.69, 9.17) is 4.74 Å². The molecule has 0 aliphatic heterocycles. The van der Waals surface area contributed by atoms with Crippen LogP contribution in [0.15, 0.2) is 18.2 Å². The van der Waals surface area contributed by atoms with Crippen LogP contribution in [-0.2, 0) is 0 Å². The number of nitrogens with one attached hydrogen (secondary N) is 1. The molecule has 0 aliphatic carbocycles. The summed E-state index contributed by atoms with van der Waals surface area (Å²) >= 11 is 0. The maximum Gasteiger partial charge on any atom is 0.255 e. The van der Waals surface area contributed by atoms with Crippen molar-refractivity contribution >= 4 is 5.91 Å². The number of phenols is 1. The zero-order valence-electron chi connectivity index (χ0n) is 11.9. The summed E-state index contributed by atoms with van der Waals surface area (Å²) in [5, 5.41) is 12.5. The summed E-state index contributed by atoms with van der Waals surface area (Å²) in [4.78, 5) is 11.9. The first-order valence-electron chi connectivity index (χ1n) is 6.69. The van der Waals surface area contributed by atoms with Crippen LogP contribution in [0.3, 0.4) is 0 Å². The minimum absolute atomic E-state index is 0.0273. The third-order valence-corrected chi connectivity index (χ3v) is 2.94. The van der Waals surface area contributed by atoms with Gasteiger partial charge in [0.15, 0.2) is 0 Å². The normalized spacial score (nSPS) is 10.5. The molecule has 1 amide bonds. The van der Waals surface area contributed by atoms with Crippen LogP contribution in [0.25, 0.3) is 0 Å². The maximum atomic E-state index is 11.9. The summed E-state index contributed by atoms with van der Waals surface area (Å²) in [5.74, 6) is 0.960. The highest BCUT2D eigenvalue weighted by atomic mass is 16.5. The van der Waals surface area contributed by atoms with Gasteiger partial charge in [-0.05, 0) is 30.5 Å². The van der Waals surface area contributed by atoms with Gasteiger partial charge in [0.25, 0.3) is 5.91 Å². The lowest BCUT2D eigenvalue weighted by atomic mass is 10.1. The lowest BCUT2D eigenvalue weighted by molar-refractivity contribution is 0.0950. The first-order chi connectivity index (χ1) is 9.04. The lowest BCUT2D eigenvalue weighted by Crippen LogP contribution is -2.24. The van der Waals surface area contributed by atoms with Gasteiger partial charge in [-0.1, -0.05) is 26.7 Å². The minimum Gasteiger partial charge on any atom is -0.507 e. The molecule has 106 valence electrons. The molecule has 19 heavy (non-hydrogen) atoms. The van der Waals surface area contributed by atoms with Crippen molar-refractivity contribution in [3.8, 4) is 11.5 Å². The first kappa shape index (κ1) is 15.3. The van der Waals surface area contributed by atoms with Crippen molar-refractivity contribution in [1.29, 1.82) is 0 Å². The van der Waals surface area contributed by atoms with Crippen molar-refractivity contribution in [2.45, 2.75) is 33.1 Å². The number of ether oxygens (including phenoxy) is 1. The molecule has 0 atom stereocenters. The SMILES string of the molecule is COc1ccc(O)c(C(=O)NCCCCC(C)C)c1. The molecule has 4 heteroatoms. The average molecular weight is 265 g/mol. The second-order valence-corrected chi connectivity index (χ2v) is 5.03. The molecule has 4 nitrogen and oxygen atoms in total. The molecule has 1 aromatic rings. The second kappa shape index (κ2) is 7.67. The summed E-state index contributed by atoms with van der Waals surface area (Å²) in [6.07, 6.45) is 3.22. The van der Waals surface area contributed by atoms with Gasteiger partial charge in [-0.25, -0.2) is 0 Å². The van der Waals surface area contributed by atoms with Crippen molar-refractivity contribution in [3.63, 3.8) is 0 Å². The molecule has 0 aromatic heterocycles. The van der Waals surface area contributed by atoms with E-state index in [1.165, 1.54) is 19.6 Å². The Morgan fingerprint density at radius 3 is 2.74 bits per heavy atom. The Kier molecular flexibility index (Phi) is 6.19. The Bertz CT molecular complexity index is 416.